The molecule has 5 nitrogen and oxygen atoms in total. The molecule has 140 valence electrons. The Labute approximate surface area is 164 Å². The first-order chi connectivity index (χ1) is 13.0. The maximum atomic E-state index is 13.1. The number of rotatable bonds is 5. The lowest BCUT2D eigenvalue weighted by Crippen LogP contribution is -2.45. The van der Waals surface area contributed by atoms with Crippen LogP contribution in [0.5, 0.6) is 5.75 Å². The second-order valence-electron chi connectivity index (χ2n) is 6.34. The highest BCUT2D eigenvalue weighted by atomic mass is 32.1. The largest absolute Gasteiger partial charge is 0.494 e. The number of carbonyl (C=O) groups is 1. The van der Waals surface area contributed by atoms with E-state index < -0.39 is 0 Å². The molecule has 0 saturated carbocycles. The average molecular weight is 382 g/mol. The number of amides is 1. The standard InChI is InChI=1S/C21H23N3O2S/c1-4-26-16-11-9-15(10-12-16)19-18(14(3)22-21(27)24-19)20(25)23-17-8-6-5-7-13(17)2/h5-12,19H,4H2,1-3H3,(H,23,25)(H2,22,24,27)/t19-/m1/s1. The van der Waals surface area contributed by atoms with Crippen molar-refractivity contribution in [3.05, 3.63) is 70.9 Å². The van der Waals surface area contributed by atoms with E-state index in [1.54, 1.807) is 0 Å². The zero-order valence-corrected chi connectivity index (χ0v) is 16.4. The molecule has 0 radical (unpaired) electrons. The van der Waals surface area contributed by atoms with Crippen LogP contribution in [0.1, 0.15) is 31.0 Å². The van der Waals surface area contributed by atoms with E-state index in [9.17, 15) is 4.79 Å². The third-order valence-corrected chi connectivity index (χ3v) is 4.65. The van der Waals surface area contributed by atoms with Crippen LogP contribution >= 0.6 is 12.2 Å². The van der Waals surface area contributed by atoms with Crippen LogP contribution < -0.4 is 20.7 Å². The molecule has 3 N–H and O–H groups in total. The van der Waals surface area contributed by atoms with Gasteiger partial charge >= 0.3 is 0 Å². The normalized spacial score (nSPS) is 16.4. The first-order valence-corrected chi connectivity index (χ1v) is 9.28. The molecule has 6 heteroatoms. The Balaban J connectivity index is 1.91. The van der Waals surface area contributed by atoms with Crippen LogP contribution in [0.4, 0.5) is 5.69 Å². The number of anilines is 1. The summed E-state index contributed by atoms with van der Waals surface area (Å²) >= 11 is 5.30. The van der Waals surface area contributed by atoms with Gasteiger partial charge in [0.1, 0.15) is 5.75 Å². The summed E-state index contributed by atoms with van der Waals surface area (Å²) in [7, 11) is 0. The molecule has 0 bridgehead atoms. The summed E-state index contributed by atoms with van der Waals surface area (Å²) in [5.74, 6) is 0.632. The van der Waals surface area contributed by atoms with Gasteiger partial charge in [0.05, 0.1) is 18.2 Å². The van der Waals surface area contributed by atoms with Gasteiger partial charge in [-0.25, -0.2) is 0 Å². The van der Waals surface area contributed by atoms with E-state index >= 15 is 0 Å². The van der Waals surface area contributed by atoms with Crippen molar-refractivity contribution >= 4 is 28.9 Å². The highest BCUT2D eigenvalue weighted by Gasteiger charge is 2.30. The summed E-state index contributed by atoms with van der Waals surface area (Å²) in [5, 5.41) is 9.77. The minimum Gasteiger partial charge on any atom is -0.494 e. The van der Waals surface area contributed by atoms with Gasteiger partial charge < -0.3 is 20.7 Å². The number of aryl methyl sites for hydroxylation is 1. The summed E-state index contributed by atoms with van der Waals surface area (Å²) in [5.41, 5.74) is 4.09. The van der Waals surface area contributed by atoms with E-state index in [0.717, 1.165) is 28.3 Å². The number of allylic oxidation sites excluding steroid dienone is 1. The molecule has 2 aromatic carbocycles. The first-order valence-electron chi connectivity index (χ1n) is 8.87. The van der Waals surface area contributed by atoms with Gasteiger partial charge in [0.25, 0.3) is 5.91 Å². The van der Waals surface area contributed by atoms with Gasteiger partial charge in [-0.05, 0) is 62.3 Å². The van der Waals surface area contributed by atoms with Crippen molar-refractivity contribution < 1.29 is 9.53 Å². The fourth-order valence-electron chi connectivity index (χ4n) is 3.07. The molecule has 2 aromatic rings. The first kappa shape index (κ1) is 18.9. The van der Waals surface area contributed by atoms with Gasteiger partial charge in [0.2, 0.25) is 0 Å². The van der Waals surface area contributed by atoms with Gasteiger partial charge in [0.15, 0.2) is 5.11 Å². The van der Waals surface area contributed by atoms with Crippen molar-refractivity contribution in [3.8, 4) is 5.75 Å². The van der Waals surface area contributed by atoms with Crippen LogP contribution in [-0.2, 0) is 4.79 Å². The van der Waals surface area contributed by atoms with Crippen LogP contribution in [0.3, 0.4) is 0 Å². The van der Waals surface area contributed by atoms with Gasteiger partial charge in [-0.1, -0.05) is 30.3 Å². The third kappa shape index (κ3) is 4.28. The minimum absolute atomic E-state index is 0.164. The summed E-state index contributed by atoms with van der Waals surface area (Å²) in [4.78, 5) is 13.1. The van der Waals surface area contributed by atoms with Gasteiger partial charge in [-0.2, -0.15) is 0 Å². The van der Waals surface area contributed by atoms with E-state index in [1.807, 2.05) is 69.3 Å². The zero-order chi connectivity index (χ0) is 19.4. The van der Waals surface area contributed by atoms with Crippen molar-refractivity contribution in [3.63, 3.8) is 0 Å². The molecule has 1 amide bonds. The maximum Gasteiger partial charge on any atom is 0.255 e. The van der Waals surface area contributed by atoms with Crippen LogP contribution in [-0.4, -0.2) is 17.6 Å². The van der Waals surface area contributed by atoms with Crippen molar-refractivity contribution in [1.29, 1.82) is 0 Å². The highest BCUT2D eigenvalue weighted by Crippen LogP contribution is 2.29. The average Bonchev–Trinajstić information content (AvgIpc) is 2.64. The van der Waals surface area contributed by atoms with Crippen molar-refractivity contribution in [2.24, 2.45) is 0 Å². The summed E-state index contributed by atoms with van der Waals surface area (Å²) in [6.45, 7) is 6.38. The van der Waals surface area contributed by atoms with Crippen LogP contribution in [0.15, 0.2) is 59.8 Å². The number of hydrogen-bond donors (Lipinski definition) is 3. The Morgan fingerprint density at radius 2 is 1.85 bits per heavy atom. The van der Waals surface area contributed by atoms with E-state index in [0.29, 0.717) is 17.3 Å². The molecule has 0 aromatic heterocycles. The van der Waals surface area contributed by atoms with Gasteiger partial charge in [0, 0.05) is 11.4 Å². The van der Waals surface area contributed by atoms with Crippen molar-refractivity contribution in [2.75, 3.05) is 11.9 Å². The quantitative estimate of drug-likeness (QED) is 0.687. The Bertz CT molecular complexity index is 891. The minimum atomic E-state index is -0.335. The van der Waals surface area contributed by atoms with Crippen LogP contribution in [0, 0.1) is 6.92 Å². The number of carbonyl (C=O) groups excluding carboxylic acids is 1. The summed E-state index contributed by atoms with van der Waals surface area (Å²) < 4.78 is 5.51. The predicted octanol–water partition coefficient (Wildman–Crippen LogP) is 3.83. The molecule has 1 heterocycles. The fraction of sp³-hybridized carbons (Fsp3) is 0.238. The Hall–Kier alpha value is -2.86. The van der Waals surface area contributed by atoms with Crippen molar-refractivity contribution in [1.82, 2.24) is 10.6 Å². The lowest BCUT2D eigenvalue weighted by molar-refractivity contribution is -0.113. The molecule has 1 aliphatic heterocycles. The topological polar surface area (TPSA) is 62.4 Å². The van der Waals surface area contributed by atoms with E-state index in [-0.39, 0.29) is 11.9 Å². The number of nitrogens with one attached hydrogen (secondary N) is 3. The molecule has 0 saturated heterocycles. The lowest BCUT2D eigenvalue weighted by Gasteiger charge is -2.30. The van der Waals surface area contributed by atoms with E-state index in [4.69, 9.17) is 17.0 Å². The molecule has 1 aliphatic rings. The molecule has 0 aliphatic carbocycles. The number of hydrogen-bond acceptors (Lipinski definition) is 3. The number of ether oxygens (including phenoxy) is 1. The number of benzene rings is 2. The summed E-state index contributed by atoms with van der Waals surface area (Å²) in [6.07, 6.45) is 0. The van der Waals surface area contributed by atoms with E-state index in [1.165, 1.54) is 0 Å². The second-order valence-corrected chi connectivity index (χ2v) is 6.75. The molecular formula is C21H23N3O2S. The van der Waals surface area contributed by atoms with Crippen molar-refractivity contribution in [2.45, 2.75) is 26.8 Å². The molecule has 1 atom stereocenters. The monoisotopic (exact) mass is 381 g/mol. The second kappa shape index (κ2) is 8.22. The third-order valence-electron chi connectivity index (χ3n) is 4.43. The molecule has 27 heavy (non-hydrogen) atoms. The van der Waals surface area contributed by atoms with Crippen LogP contribution in [0.2, 0.25) is 0 Å². The predicted molar refractivity (Wildman–Crippen MR) is 112 cm³/mol. The summed E-state index contributed by atoms with van der Waals surface area (Å²) in [6, 6.07) is 15.1. The number of para-hydroxylation sites is 1. The maximum absolute atomic E-state index is 13.1. The molecule has 3 rings (SSSR count). The van der Waals surface area contributed by atoms with E-state index in [2.05, 4.69) is 16.0 Å². The Morgan fingerprint density at radius 3 is 2.52 bits per heavy atom. The number of thiocarbonyl (C=S) groups is 1. The molecule has 0 spiro atoms. The fourth-order valence-corrected chi connectivity index (χ4v) is 3.34. The lowest BCUT2D eigenvalue weighted by atomic mass is 9.94. The van der Waals surface area contributed by atoms with Crippen LogP contribution in [0.25, 0.3) is 0 Å². The smallest absolute Gasteiger partial charge is 0.255 e. The zero-order valence-electron chi connectivity index (χ0n) is 15.6. The van der Waals surface area contributed by atoms with Gasteiger partial charge in [-0.3, -0.25) is 4.79 Å². The Kier molecular flexibility index (Phi) is 5.76. The molecular weight excluding hydrogens is 358 g/mol. The molecule has 0 unspecified atom stereocenters. The van der Waals surface area contributed by atoms with Gasteiger partial charge in [-0.15, -0.1) is 0 Å². The SMILES string of the molecule is CCOc1ccc([C@H]2NC(=S)NC(C)=C2C(=O)Nc2ccccc2C)cc1. The molecule has 0 fully saturated rings. The highest BCUT2D eigenvalue weighted by molar-refractivity contribution is 7.80. The Morgan fingerprint density at radius 1 is 1.15 bits per heavy atom.